The molecule has 2 aromatic carbocycles. The summed E-state index contributed by atoms with van der Waals surface area (Å²) in [7, 11) is 0. The number of piperidine rings is 1. The van der Waals surface area contributed by atoms with E-state index in [1.54, 1.807) is 6.07 Å². The second kappa shape index (κ2) is 9.41. The lowest BCUT2D eigenvalue weighted by molar-refractivity contribution is -0.384. The van der Waals surface area contributed by atoms with Gasteiger partial charge in [0.15, 0.2) is 0 Å². The molecule has 0 unspecified atom stereocenters. The van der Waals surface area contributed by atoms with Gasteiger partial charge in [-0.1, -0.05) is 18.2 Å². The fraction of sp³-hybridized carbons (Fsp3) is 0.381. The average Bonchev–Trinajstić information content (AvgIpc) is 2.71. The number of rotatable bonds is 7. The Morgan fingerprint density at radius 1 is 1.18 bits per heavy atom. The molecule has 0 atom stereocenters. The van der Waals surface area contributed by atoms with E-state index in [-0.39, 0.29) is 17.4 Å². The summed E-state index contributed by atoms with van der Waals surface area (Å²) in [5.41, 5.74) is 1.34. The van der Waals surface area contributed by atoms with Crippen LogP contribution in [-0.2, 0) is 6.54 Å². The van der Waals surface area contributed by atoms with Crippen molar-refractivity contribution in [2.24, 2.45) is 5.92 Å². The monoisotopic (exact) mass is 385 g/mol. The topological polar surface area (TPSA) is 75.5 Å². The molecule has 1 saturated heterocycles. The van der Waals surface area contributed by atoms with E-state index < -0.39 is 4.92 Å². The summed E-state index contributed by atoms with van der Waals surface area (Å²) < 4.78 is 13.0. The van der Waals surface area contributed by atoms with Gasteiger partial charge in [0, 0.05) is 30.8 Å². The lowest BCUT2D eigenvalue weighted by Crippen LogP contribution is -2.34. The Morgan fingerprint density at radius 2 is 1.89 bits per heavy atom. The second-order valence-corrected chi connectivity index (χ2v) is 7.20. The first-order valence-electron chi connectivity index (χ1n) is 9.51. The van der Waals surface area contributed by atoms with Gasteiger partial charge in [-0.25, -0.2) is 4.39 Å². The van der Waals surface area contributed by atoms with Crippen LogP contribution >= 0.6 is 0 Å². The third kappa shape index (κ3) is 5.60. The van der Waals surface area contributed by atoms with Crippen LogP contribution in [-0.4, -0.2) is 35.4 Å². The molecular weight excluding hydrogens is 361 g/mol. The number of hydrogen-bond acceptors (Lipinski definition) is 4. The van der Waals surface area contributed by atoms with Crippen molar-refractivity contribution in [3.05, 3.63) is 75.6 Å². The summed E-state index contributed by atoms with van der Waals surface area (Å²) in [4.78, 5) is 24.8. The number of nitrogens with one attached hydrogen (secondary N) is 1. The van der Waals surface area contributed by atoms with Crippen LogP contribution < -0.4 is 5.32 Å². The molecule has 0 saturated carbocycles. The van der Waals surface area contributed by atoms with Crippen molar-refractivity contribution >= 4 is 11.6 Å². The summed E-state index contributed by atoms with van der Waals surface area (Å²) in [5.74, 6) is 0.0573. The van der Waals surface area contributed by atoms with Gasteiger partial charge in [-0.15, -0.1) is 0 Å². The third-order valence-corrected chi connectivity index (χ3v) is 5.18. The number of likely N-dealkylation sites (tertiary alicyclic amines) is 1. The first kappa shape index (κ1) is 19.9. The smallest absolute Gasteiger partial charge is 0.270 e. The van der Waals surface area contributed by atoms with E-state index in [9.17, 15) is 19.3 Å². The number of carbonyl (C=O) groups excluding carboxylic acids is 1. The quantitative estimate of drug-likeness (QED) is 0.582. The first-order chi connectivity index (χ1) is 13.5. The van der Waals surface area contributed by atoms with E-state index in [2.05, 4.69) is 10.2 Å². The van der Waals surface area contributed by atoms with Gasteiger partial charge in [0.25, 0.3) is 11.6 Å². The molecule has 0 radical (unpaired) electrons. The van der Waals surface area contributed by atoms with E-state index in [1.165, 1.54) is 30.3 Å². The van der Waals surface area contributed by atoms with Gasteiger partial charge >= 0.3 is 0 Å². The molecule has 1 N–H and O–H groups in total. The highest BCUT2D eigenvalue weighted by molar-refractivity contribution is 5.94. The molecule has 6 nitrogen and oxygen atoms in total. The molecule has 148 valence electrons. The second-order valence-electron chi connectivity index (χ2n) is 7.20. The highest BCUT2D eigenvalue weighted by Gasteiger charge is 2.19. The fourth-order valence-electron chi connectivity index (χ4n) is 3.53. The van der Waals surface area contributed by atoms with Crippen LogP contribution in [0.5, 0.6) is 0 Å². The summed E-state index contributed by atoms with van der Waals surface area (Å²) >= 11 is 0. The minimum atomic E-state index is -0.503. The van der Waals surface area contributed by atoms with E-state index in [4.69, 9.17) is 0 Å². The molecule has 1 fully saturated rings. The van der Waals surface area contributed by atoms with E-state index >= 15 is 0 Å². The molecule has 1 aliphatic rings. The number of nitro groups is 1. The maximum absolute atomic E-state index is 13.0. The largest absolute Gasteiger partial charge is 0.352 e. The maximum atomic E-state index is 13.0. The maximum Gasteiger partial charge on any atom is 0.270 e. The van der Waals surface area contributed by atoms with Crippen LogP contribution in [0.4, 0.5) is 10.1 Å². The number of hydrogen-bond donors (Lipinski definition) is 1. The molecule has 1 amide bonds. The van der Waals surface area contributed by atoms with E-state index in [0.29, 0.717) is 18.0 Å². The molecule has 0 aliphatic carbocycles. The third-order valence-electron chi connectivity index (χ3n) is 5.18. The number of non-ortho nitro benzene ring substituents is 1. The zero-order valence-corrected chi connectivity index (χ0v) is 15.6. The summed E-state index contributed by atoms with van der Waals surface area (Å²) in [6.07, 6.45) is 3.02. The number of benzene rings is 2. The van der Waals surface area contributed by atoms with Crippen LogP contribution in [0.2, 0.25) is 0 Å². The number of carbonyl (C=O) groups is 1. The van der Waals surface area contributed by atoms with Gasteiger partial charge < -0.3 is 5.32 Å². The Kier molecular flexibility index (Phi) is 6.71. The molecule has 1 aliphatic heterocycles. The molecular formula is C21H24FN3O3. The summed E-state index contributed by atoms with van der Waals surface area (Å²) in [5, 5.41) is 13.7. The van der Waals surface area contributed by atoms with Crippen molar-refractivity contribution in [3.8, 4) is 0 Å². The van der Waals surface area contributed by atoms with Gasteiger partial charge in [-0.3, -0.25) is 19.8 Å². The van der Waals surface area contributed by atoms with Crippen molar-refractivity contribution in [3.63, 3.8) is 0 Å². The first-order valence-corrected chi connectivity index (χ1v) is 9.51. The average molecular weight is 385 g/mol. The molecule has 0 spiro atoms. The van der Waals surface area contributed by atoms with Crippen LogP contribution in [0, 0.1) is 21.8 Å². The molecule has 1 heterocycles. The Balaban J connectivity index is 1.38. The molecule has 0 aromatic heterocycles. The number of nitrogens with zero attached hydrogens (tertiary/aromatic N) is 2. The molecule has 2 aromatic rings. The Morgan fingerprint density at radius 3 is 2.57 bits per heavy atom. The minimum absolute atomic E-state index is 0.0822. The highest BCUT2D eigenvalue weighted by Crippen LogP contribution is 2.21. The van der Waals surface area contributed by atoms with Crippen molar-refractivity contribution in [2.75, 3.05) is 19.6 Å². The highest BCUT2D eigenvalue weighted by atomic mass is 19.1. The molecule has 3 rings (SSSR count). The normalized spacial score (nSPS) is 15.3. The van der Waals surface area contributed by atoms with Gasteiger partial charge in [0.2, 0.25) is 0 Å². The van der Waals surface area contributed by atoms with Crippen molar-refractivity contribution < 1.29 is 14.1 Å². The number of halogens is 1. The summed E-state index contributed by atoms with van der Waals surface area (Å²) in [6.45, 7) is 3.36. The zero-order chi connectivity index (χ0) is 19.9. The Labute approximate surface area is 163 Å². The van der Waals surface area contributed by atoms with E-state index in [0.717, 1.165) is 44.5 Å². The zero-order valence-electron chi connectivity index (χ0n) is 15.6. The van der Waals surface area contributed by atoms with Gasteiger partial charge in [-0.2, -0.15) is 0 Å². The summed E-state index contributed by atoms with van der Waals surface area (Å²) in [6, 6.07) is 12.4. The standard InChI is InChI=1S/C21H24FN3O3/c22-19-6-4-17(5-7-19)15-24-12-9-16(10-13-24)8-11-23-21(26)18-2-1-3-20(14-18)25(27)28/h1-7,14,16H,8-13,15H2,(H,23,26). The number of nitro benzene ring substituents is 1. The minimum Gasteiger partial charge on any atom is -0.352 e. The SMILES string of the molecule is O=C(NCCC1CCN(Cc2ccc(F)cc2)CC1)c1cccc([N+](=O)[O-])c1. The van der Waals surface area contributed by atoms with Crippen LogP contribution in [0.1, 0.15) is 35.2 Å². The van der Waals surface area contributed by atoms with Crippen LogP contribution in [0.25, 0.3) is 0 Å². The van der Waals surface area contributed by atoms with Gasteiger partial charge in [-0.05, 0) is 62.0 Å². The van der Waals surface area contributed by atoms with Crippen molar-refractivity contribution in [1.82, 2.24) is 10.2 Å². The van der Waals surface area contributed by atoms with Crippen molar-refractivity contribution in [2.45, 2.75) is 25.8 Å². The van der Waals surface area contributed by atoms with Crippen LogP contribution in [0.15, 0.2) is 48.5 Å². The molecule has 7 heteroatoms. The Hall–Kier alpha value is -2.80. The number of amides is 1. The predicted octanol–water partition coefficient (Wildman–Crippen LogP) is 3.77. The Bertz CT molecular complexity index is 818. The van der Waals surface area contributed by atoms with E-state index in [1.807, 2.05) is 12.1 Å². The fourth-order valence-corrected chi connectivity index (χ4v) is 3.53. The molecule has 0 bridgehead atoms. The van der Waals surface area contributed by atoms with Crippen LogP contribution in [0.3, 0.4) is 0 Å². The van der Waals surface area contributed by atoms with Gasteiger partial charge in [0.05, 0.1) is 4.92 Å². The lowest BCUT2D eigenvalue weighted by Gasteiger charge is -2.32. The molecule has 28 heavy (non-hydrogen) atoms. The predicted molar refractivity (Wildman–Crippen MR) is 104 cm³/mol. The van der Waals surface area contributed by atoms with Crippen molar-refractivity contribution in [1.29, 1.82) is 0 Å². The van der Waals surface area contributed by atoms with Gasteiger partial charge in [0.1, 0.15) is 5.82 Å². The lowest BCUT2D eigenvalue weighted by atomic mass is 9.93.